The summed E-state index contributed by atoms with van der Waals surface area (Å²) in [4.78, 5) is 12.3. The first-order valence-corrected chi connectivity index (χ1v) is 6.98. The minimum atomic E-state index is -0.0583. The van der Waals surface area contributed by atoms with Crippen molar-refractivity contribution in [3.8, 4) is 0 Å². The lowest BCUT2D eigenvalue weighted by Gasteiger charge is -2.26. The van der Waals surface area contributed by atoms with Crippen LogP contribution in [-0.4, -0.2) is 22.1 Å². The Morgan fingerprint density at radius 2 is 2.00 bits per heavy atom. The number of hydrogen-bond donors (Lipinski definition) is 2. The summed E-state index contributed by atoms with van der Waals surface area (Å²) in [5.41, 5.74) is 1.42. The molecule has 0 saturated heterocycles. The van der Waals surface area contributed by atoms with Gasteiger partial charge in [0.25, 0.3) is 5.91 Å². The van der Waals surface area contributed by atoms with Crippen LogP contribution in [0.3, 0.4) is 0 Å². The van der Waals surface area contributed by atoms with E-state index in [4.69, 9.17) is 0 Å². The van der Waals surface area contributed by atoms with E-state index in [1.807, 2.05) is 24.3 Å². The number of amides is 1. The van der Waals surface area contributed by atoms with Crippen LogP contribution in [0.5, 0.6) is 0 Å². The van der Waals surface area contributed by atoms with Gasteiger partial charge in [-0.05, 0) is 37.7 Å². The molecule has 1 fully saturated rings. The minimum Gasteiger partial charge on any atom is -0.348 e. The lowest BCUT2D eigenvalue weighted by molar-refractivity contribution is 0.0919. The van der Waals surface area contributed by atoms with Crippen LogP contribution >= 0.6 is 0 Å². The number of rotatable bonds is 2. The second kappa shape index (κ2) is 5.03. The lowest BCUT2D eigenvalue weighted by atomic mass is 9.87. The van der Waals surface area contributed by atoms with Gasteiger partial charge in [-0.25, -0.2) is 0 Å². The molecule has 1 aliphatic carbocycles. The molecule has 1 saturated carbocycles. The Bertz CT molecular complexity index is 582. The lowest BCUT2D eigenvalue weighted by Crippen LogP contribution is -2.37. The molecule has 19 heavy (non-hydrogen) atoms. The van der Waals surface area contributed by atoms with Crippen LogP contribution in [-0.2, 0) is 0 Å². The van der Waals surface area contributed by atoms with Crippen molar-refractivity contribution in [2.45, 2.75) is 38.6 Å². The highest BCUT2D eigenvalue weighted by atomic mass is 16.2. The average Bonchev–Trinajstić information content (AvgIpc) is 2.85. The molecule has 100 valence electrons. The van der Waals surface area contributed by atoms with Gasteiger partial charge in [0.1, 0.15) is 0 Å². The summed E-state index contributed by atoms with van der Waals surface area (Å²) in [6.45, 7) is 2.28. The fourth-order valence-corrected chi connectivity index (χ4v) is 2.79. The Labute approximate surface area is 112 Å². The first kappa shape index (κ1) is 12.2. The van der Waals surface area contributed by atoms with Crippen molar-refractivity contribution in [3.05, 3.63) is 30.0 Å². The van der Waals surface area contributed by atoms with E-state index >= 15 is 0 Å². The maximum Gasteiger partial charge on any atom is 0.272 e. The molecule has 4 heteroatoms. The van der Waals surface area contributed by atoms with Crippen LogP contribution in [0.1, 0.15) is 43.1 Å². The van der Waals surface area contributed by atoms with E-state index in [9.17, 15) is 4.79 Å². The van der Waals surface area contributed by atoms with E-state index in [1.165, 1.54) is 12.8 Å². The molecule has 0 atom stereocenters. The smallest absolute Gasteiger partial charge is 0.272 e. The average molecular weight is 257 g/mol. The number of fused-ring (bicyclic) bond motifs is 1. The standard InChI is InChI=1S/C15H19N3O/c1-10-6-8-11(9-7-10)16-15(19)14-12-4-2-3-5-13(12)17-18-14/h2-5,10-11H,6-9H2,1H3,(H,16,19)(H,17,18). The molecule has 1 aromatic heterocycles. The summed E-state index contributed by atoms with van der Waals surface area (Å²) in [6.07, 6.45) is 4.56. The monoisotopic (exact) mass is 257 g/mol. The van der Waals surface area contributed by atoms with Gasteiger partial charge < -0.3 is 5.32 Å². The molecule has 0 spiro atoms. The van der Waals surface area contributed by atoms with Gasteiger partial charge in [0.2, 0.25) is 0 Å². The Kier molecular flexibility index (Phi) is 3.23. The van der Waals surface area contributed by atoms with E-state index in [-0.39, 0.29) is 5.91 Å². The quantitative estimate of drug-likeness (QED) is 0.869. The molecule has 1 aliphatic rings. The number of nitrogens with zero attached hydrogens (tertiary/aromatic N) is 1. The summed E-state index contributed by atoms with van der Waals surface area (Å²) < 4.78 is 0. The third-order valence-electron chi connectivity index (χ3n) is 4.04. The van der Waals surface area contributed by atoms with Crippen molar-refractivity contribution in [1.82, 2.24) is 15.5 Å². The Morgan fingerprint density at radius 1 is 1.26 bits per heavy atom. The predicted octanol–water partition coefficient (Wildman–Crippen LogP) is 2.87. The van der Waals surface area contributed by atoms with Crippen LogP contribution in [0.25, 0.3) is 10.9 Å². The van der Waals surface area contributed by atoms with Gasteiger partial charge >= 0.3 is 0 Å². The van der Waals surface area contributed by atoms with Crippen LogP contribution < -0.4 is 5.32 Å². The molecule has 1 aromatic carbocycles. The largest absolute Gasteiger partial charge is 0.348 e. The number of benzene rings is 1. The van der Waals surface area contributed by atoms with Gasteiger partial charge in [-0.15, -0.1) is 0 Å². The summed E-state index contributed by atoms with van der Waals surface area (Å²) >= 11 is 0. The first-order chi connectivity index (χ1) is 9.24. The molecule has 1 amide bonds. The summed E-state index contributed by atoms with van der Waals surface area (Å²) in [5, 5.41) is 11.0. The fourth-order valence-electron chi connectivity index (χ4n) is 2.79. The topological polar surface area (TPSA) is 57.8 Å². The van der Waals surface area contributed by atoms with Crippen molar-refractivity contribution < 1.29 is 4.79 Å². The van der Waals surface area contributed by atoms with E-state index in [0.717, 1.165) is 29.7 Å². The third-order valence-corrected chi connectivity index (χ3v) is 4.04. The van der Waals surface area contributed by atoms with Crippen LogP contribution in [0.4, 0.5) is 0 Å². The van der Waals surface area contributed by atoms with E-state index < -0.39 is 0 Å². The maximum atomic E-state index is 12.3. The maximum absolute atomic E-state index is 12.3. The molecule has 2 N–H and O–H groups in total. The molecule has 0 radical (unpaired) electrons. The van der Waals surface area contributed by atoms with E-state index in [2.05, 4.69) is 22.4 Å². The Morgan fingerprint density at radius 3 is 2.79 bits per heavy atom. The molecular weight excluding hydrogens is 238 g/mol. The molecule has 3 rings (SSSR count). The van der Waals surface area contributed by atoms with Gasteiger partial charge in [-0.3, -0.25) is 9.89 Å². The Hall–Kier alpha value is -1.84. The van der Waals surface area contributed by atoms with E-state index in [0.29, 0.717) is 11.7 Å². The first-order valence-electron chi connectivity index (χ1n) is 6.98. The van der Waals surface area contributed by atoms with Crippen molar-refractivity contribution in [2.75, 3.05) is 0 Å². The van der Waals surface area contributed by atoms with Gasteiger partial charge in [0.05, 0.1) is 5.52 Å². The zero-order chi connectivity index (χ0) is 13.2. The van der Waals surface area contributed by atoms with E-state index in [1.54, 1.807) is 0 Å². The number of carbonyl (C=O) groups is 1. The van der Waals surface area contributed by atoms with Crippen LogP contribution in [0.15, 0.2) is 24.3 Å². The second-order valence-corrected chi connectivity index (χ2v) is 5.55. The zero-order valence-corrected chi connectivity index (χ0v) is 11.1. The SMILES string of the molecule is CC1CCC(NC(=O)c2n[nH]c3ccccc23)CC1. The number of para-hydroxylation sites is 1. The fraction of sp³-hybridized carbons (Fsp3) is 0.467. The van der Waals surface area contributed by atoms with Crippen LogP contribution in [0, 0.1) is 5.92 Å². The van der Waals surface area contributed by atoms with Crippen molar-refractivity contribution in [3.63, 3.8) is 0 Å². The summed E-state index contributed by atoms with van der Waals surface area (Å²) in [6, 6.07) is 8.03. The van der Waals surface area contributed by atoms with Crippen LogP contribution in [0.2, 0.25) is 0 Å². The summed E-state index contributed by atoms with van der Waals surface area (Å²) in [5.74, 6) is 0.733. The minimum absolute atomic E-state index is 0.0583. The molecule has 4 nitrogen and oxygen atoms in total. The predicted molar refractivity (Wildman–Crippen MR) is 75.0 cm³/mol. The molecule has 0 unspecified atom stereocenters. The van der Waals surface area contributed by atoms with Crippen molar-refractivity contribution in [1.29, 1.82) is 0 Å². The molecule has 2 aromatic rings. The number of carbonyl (C=O) groups excluding carboxylic acids is 1. The van der Waals surface area contributed by atoms with Crippen molar-refractivity contribution in [2.24, 2.45) is 5.92 Å². The van der Waals surface area contributed by atoms with Gasteiger partial charge in [0.15, 0.2) is 5.69 Å². The molecule has 0 bridgehead atoms. The van der Waals surface area contributed by atoms with Crippen molar-refractivity contribution >= 4 is 16.8 Å². The third kappa shape index (κ3) is 2.48. The highest BCUT2D eigenvalue weighted by Crippen LogP contribution is 2.24. The number of nitrogens with one attached hydrogen (secondary N) is 2. The zero-order valence-electron chi connectivity index (χ0n) is 11.1. The number of aromatic nitrogens is 2. The van der Waals surface area contributed by atoms with Gasteiger partial charge in [0, 0.05) is 11.4 Å². The Balaban J connectivity index is 1.73. The van der Waals surface area contributed by atoms with Gasteiger partial charge in [-0.1, -0.05) is 25.1 Å². The highest BCUT2D eigenvalue weighted by Gasteiger charge is 2.22. The highest BCUT2D eigenvalue weighted by molar-refractivity contribution is 6.04. The molecular formula is C15H19N3O. The molecule has 1 heterocycles. The number of hydrogen-bond acceptors (Lipinski definition) is 2. The number of H-pyrrole nitrogens is 1. The second-order valence-electron chi connectivity index (χ2n) is 5.55. The summed E-state index contributed by atoms with van der Waals surface area (Å²) in [7, 11) is 0. The molecule has 0 aliphatic heterocycles. The van der Waals surface area contributed by atoms with Gasteiger partial charge in [-0.2, -0.15) is 5.10 Å². The number of aromatic amines is 1. The normalized spacial score (nSPS) is 23.4.